The van der Waals surface area contributed by atoms with Gasteiger partial charge in [-0.2, -0.15) is 0 Å². The van der Waals surface area contributed by atoms with Crippen molar-refractivity contribution in [2.24, 2.45) is 0 Å². The van der Waals surface area contributed by atoms with Crippen LogP contribution in [0.25, 0.3) is 0 Å². The number of carbonyl (C=O) groups is 2. The van der Waals surface area contributed by atoms with Gasteiger partial charge in [0, 0.05) is 12.8 Å². The average molecular weight is 433 g/mol. The highest BCUT2D eigenvalue weighted by molar-refractivity contribution is 5.97. The number of piperazine rings is 1. The Hall–Kier alpha value is -3.12. The van der Waals surface area contributed by atoms with Gasteiger partial charge in [-0.15, -0.1) is 0 Å². The number of carbonyl (C=O) groups excluding carboxylic acids is 2. The fraction of sp³-hybridized carbons (Fsp3) is 0.385. The molecule has 0 bridgehead atoms. The monoisotopic (exact) mass is 432 g/mol. The summed E-state index contributed by atoms with van der Waals surface area (Å²) in [4.78, 5) is 25.3. The number of hydrogen-bond donors (Lipinski definition) is 2. The van der Waals surface area contributed by atoms with E-state index < -0.39 is 12.1 Å². The van der Waals surface area contributed by atoms with Crippen molar-refractivity contribution in [1.82, 2.24) is 10.6 Å². The zero-order valence-corrected chi connectivity index (χ0v) is 18.0. The Labute approximate surface area is 188 Å². The lowest BCUT2D eigenvalue weighted by atomic mass is 9.97. The molecule has 32 heavy (non-hydrogen) atoms. The number of aryl methyl sites for hydroxylation is 1. The molecule has 3 heterocycles. The van der Waals surface area contributed by atoms with Gasteiger partial charge in [-0.25, -0.2) is 0 Å². The summed E-state index contributed by atoms with van der Waals surface area (Å²) in [5.41, 5.74) is 4.53. The van der Waals surface area contributed by atoms with Crippen LogP contribution in [0.3, 0.4) is 0 Å². The molecule has 2 N–H and O–H groups in total. The zero-order chi connectivity index (χ0) is 21.9. The standard InChI is InChI=1S/C26H28N2O4/c29-25-23(13-19-5-1-17(2-6-19)9-11-21-15-31-21)27-26(30)24(28-25)14-20-7-3-18(4-8-20)10-12-22-16-32-22/h1-8,11,22-24H,9-10,12-16H2,(H,27,30)(H,28,29). The quantitative estimate of drug-likeness (QED) is 0.596. The van der Waals surface area contributed by atoms with Crippen molar-refractivity contribution >= 4 is 11.8 Å². The summed E-state index contributed by atoms with van der Waals surface area (Å²) in [5, 5.41) is 5.82. The van der Waals surface area contributed by atoms with Gasteiger partial charge in [-0.1, -0.05) is 48.5 Å². The van der Waals surface area contributed by atoms with E-state index in [1.54, 1.807) is 0 Å². The smallest absolute Gasteiger partial charge is 0.243 e. The number of benzene rings is 2. The van der Waals surface area contributed by atoms with Gasteiger partial charge in [0.05, 0.1) is 12.7 Å². The minimum Gasteiger partial charge on any atom is -0.487 e. The van der Waals surface area contributed by atoms with Gasteiger partial charge in [0.1, 0.15) is 24.4 Å². The van der Waals surface area contributed by atoms with E-state index in [0.717, 1.165) is 49.4 Å². The summed E-state index contributed by atoms with van der Waals surface area (Å²) in [6, 6.07) is 15.4. The molecule has 6 heteroatoms. The minimum atomic E-state index is -0.543. The second-order valence-electron chi connectivity index (χ2n) is 8.82. The molecule has 166 valence electrons. The molecule has 3 aliphatic heterocycles. The highest BCUT2D eigenvalue weighted by Gasteiger charge is 2.33. The number of epoxide rings is 2. The van der Waals surface area contributed by atoms with Crippen LogP contribution >= 0.6 is 0 Å². The molecule has 2 aromatic carbocycles. The fourth-order valence-electron chi connectivity index (χ4n) is 4.04. The third kappa shape index (κ3) is 5.56. The van der Waals surface area contributed by atoms with Crippen LogP contribution in [0.2, 0.25) is 0 Å². The van der Waals surface area contributed by atoms with Gasteiger partial charge in [-0.3, -0.25) is 9.59 Å². The first-order chi connectivity index (χ1) is 15.6. The Morgan fingerprint density at radius 2 is 1.31 bits per heavy atom. The Balaban J connectivity index is 1.12. The van der Waals surface area contributed by atoms with Crippen LogP contribution < -0.4 is 10.6 Å². The molecule has 0 radical (unpaired) electrons. The van der Waals surface area contributed by atoms with E-state index in [2.05, 4.69) is 41.0 Å². The SMILES string of the molecule is O=C1NC(Cc2ccc(CCC3CO3)cc2)C(=O)NC1Cc1ccc(CC=C2CO2)cc1. The molecule has 3 fully saturated rings. The average Bonchev–Trinajstić information content (AvgIpc) is 3.71. The fourth-order valence-corrected chi connectivity index (χ4v) is 4.04. The first-order valence-corrected chi connectivity index (χ1v) is 11.3. The Morgan fingerprint density at radius 3 is 1.81 bits per heavy atom. The maximum absolute atomic E-state index is 12.6. The van der Waals surface area contributed by atoms with Crippen LogP contribution in [0, 0.1) is 0 Å². The van der Waals surface area contributed by atoms with E-state index in [1.165, 1.54) is 11.1 Å². The lowest BCUT2D eigenvalue weighted by Gasteiger charge is -2.30. The summed E-state index contributed by atoms with van der Waals surface area (Å²) in [6.45, 7) is 1.63. The molecule has 5 rings (SSSR count). The van der Waals surface area contributed by atoms with Crippen molar-refractivity contribution in [1.29, 1.82) is 0 Å². The van der Waals surface area contributed by atoms with Gasteiger partial charge in [-0.05, 0) is 47.6 Å². The molecule has 6 nitrogen and oxygen atoms in total. The summed E-state index contributed by atoms with van der Waals surface area (Å²) in [6.07, 6.45) is 6.38. The van der Waals surface area contributed by atoms with E-state index in [1.807, 2.05) is 24.3 Å². The van der Waals surface area contributed by atoms with Crippen molar-refractivity contribution in [2.75, 3.05) is 13.2 Å². The largest absolute Gasteiger partial charge is 0.487 e. The minimum absolute atomic E-state index is 0.128. The third-order valence-electron chi connectivity index (χ3n) is 6.23. The molecule has 3 aliphatic rings. The molecule has 0 aromatic heterocycles. The third-order valence-corrected chi connectivity index (χ3v) is 6.23. The maximum atomic E-state index is 12.6. The van der Waals surface area contributed by atoms with Gasteiger partial charge < -0.3 is 20.1 Å². The van der Waals surface area contributed by atoms with E-state index in [9.17, 15) is 9.59 Å². The molecule has 3 atom stereocenters. The summed E-state index contributed by atoms with van der Waals surface area (Å²) < 4.78 is 10.4. The van der Waals surface area contributed by atoms with Crippen molar-refractivity contribution < 1.29 is 19.1 Å². The van der Waals surface area contributed by atoms with Gasteiger partial charge in [0.15, 0.2) is 0 Å². The first kappa shape index (κ1) is 20.8. The van der Waals surface area contributed by atoms with Crippen LogP contribution in [0.4, 0.5) is 0 Å². The summed E-state index contributed by atoms with van der Waals surface area (Å²) >= 11 is 0. The van der Waals surface area contributed by atoms with Crippen molar-refractivity contribution in [3.05, 3.63) is 82.6 Å². The lowest BCUT2D eigenvalue weighted by Crippen LogP contribution is -2.62. The zero-order valence-electron chi connectivity index (χ0n) is 18.0. The number of amides is 2. The van der Waals surface area contributed by atoms with Crippen molar-refractivity contribution in [2.45, 2.75) is 50.3 Å². The molecular formula is C26H28N2O4. The number of ether oxygens (including phenoxy) is 2. The van der Waals surface area contributed by atoms with Gasteiger partial charge in [0.2, 0.25) is 11.8 Å². The number of allylic oxidation sites excluding steroid dienone is 1. The molecule has 0 saturated carbocycles. The topological polar surface area (TPSA) is 83.3 Å². The molecule has 2 amide bonds. The van der Waals surface area contributed by atoms with Crippen LogP contribution in [-0.4, -0.2) is 43.2 Å². The second-order valence-corrected chi connectivity index (χ2v) is 8.82. The molecule has 0 spiro atoms. The Bertz CT molecular complexity index is 1000. The summed E-state index contributed by atoms with van der Waals surface area (Å²) in [7, 11) is 0. The van der Waals surface area contributed by atoms with Crippen LogP contribution in [0.5, 0.6) is 0 Å². The van der Waals surface area contributed by atoms with Crippen LogP contribution in [0.15, 0.2) is 60.4 Å². The van der Waals surface area contributed by atoms with Gasteiger partial charge >= 0.3 is 0 Å². The second kappa shape index (κ2) is 9.17. The highest BCUT2D eigenvalue weighted by atomic mass is 16.6. The summed E-state index contributed by atoms with van der Waals surface area (Å²) in [5.74, 6) is 0.789. The predicted molar refractivity (Wildman–Crippen MR) is 120 cm³/mol. The van der Waals surface area contributed by atoms with E-state index in [4.69, 9.17) is 9.47 Å². The lowest BCUT2D eigenvalue weighted by molar-refractivity contribution is -0.136. The number of rotatable bonds is 9. The van der Waals surface area contributed by atoms with Crippen molar-refractivity contribution in [3.8, 4) is 0 Å². The number of hydrogen-bond acceptors (Lipinski definition) is 4. The number of nitrogens with one attached hydrogen (secondary N) is 2. The van der Waals surface area contributed by atoms with Gasteiger partial charge in [0.25, 0.3) is 0 Å². The first-order valence-electron chi connectivity index (χ1n) is 11.3. The van der Waals surface area contributed by atoms with E-state index >= 15 is 0 Å². The normalized spacial score (nSPS) is 25.1. The van der Waals surface area contributed by atoms with Crippen LogP contribution in [0.1, 0.15) is 28.7 Å². The molecule has 2 aromatic rings. The highest BCUT2D eigenvalue weighted by Crippen LogP contribution is 2.18. The van der Waals surface area contributed by atoms with E-state index in [0.29, 0.717) is 18.9 Å². The molecular weight excluding hydrogens is 404 g/mol. The Kier molecular flexibility index (Phi) is 5.95. The predicted octanol–water partition coefficient (Wildman–Crippen LogP) is 2.24. The van der Waals surface area contributed by atoms with Crippen molar-refractivity contribution in [3.63, 3.8) is 0 Å². The molecule has 3 saturated heterocycles. The molecule has 0 aliphatic carbocycles. The molecule has 3 unspecified atom stereocenters. The van der Waals surface area contributed by atoms with E-state index in [-0.39, 0.29) is 11.8 Å². The Morgan fingerprint density at radius 1 is 0.812 bits per heavy atom. The van der Waals surface area contributed by atoms with Crippen LogP contribution in [-0.2, 0) is 44.7 Å². The maximum Gasteiger partial charge on any atom is 0.243 e.